The van der Waals surface area contributed by atoms with E-state index in [1.807, 2.05) is 11.9 Å². The van der Waals surface area contributed by atoms with Crippen LogP contribution in [0.1, 0.15) is 65.2 Å². The van der Waals surface area contributed by atoms with Crippen molar-refractivity contribution in [1.29, 1.82) is 0 Å². The minimum absolute atomic E-state index is 0.305. The number of amides is 1. The lowest BCUT2D eigenvalue weighted by Crippen LogP contribution is -2.39. The summed E-state index contributed by atoms with van der Waals surface area (Å²) in [6.07, 6.45) is 8.32. The van der Waals surface area contributed by atoms with Gasteiger partial charge in [0.15, 0.2) is 0 Å². The van der Waals surface area contributed by atoms with E-state index in [0.717, 1.165) is 44.9 Å². The summed E-state index contributed by atoms with van der Waals surface area (Å²) in [5.74, 6) is 1.67. The number of hydrogen-bond acceptors (Lipinski definition) is 2. The van der Waals surface area contributed by atoms with Crippen LogP contribution in [0.2, 0.25) is 0 Å². The number of hydrogen-bond donors (Lipinski definition) is 1. The van der Waals surface area contributed by atoms with Crippen molar-refractivity contribution in [2.24, 2.45) is 11.8 Å². The summed E-state index contributed by atoms with van der Waals surface area (Å²) in [5, 5.41) is 8.96. The zero-order valence-corrected chi connectivity index (χ0v) is 12.9. The molecule has 3 nitrogen and oxygen atoms in total. The van der Waals surface area contributed by atoms with Gasteiger partial charge in [-0.2, -0.15) is 0 Å². The van der Waals surface area contributed by atoms with Crippen LogP contribution < -0.4 is 0 Å². The lowest BCUT2D eigenvalue weighted by molar-refractivity contribution is -0.132. The van der Waals surface area contributed by atoms with Gasteiger partial charge >= 0.3 is 0 Å². The number of carbonyl (C=O) groups is 1. The summed E-state index contributed by atoms with van der Waals surface area (Å²) in [4.78, 5) is 14.1. The number of aliphatic hydroxyl groups excluding tert-OH is 1. The molecule has 1 amide bonds. The monoisotopic (exact) mass is 269 g/mol. The van der Waals surface area contributed by atoms with E-state index in [-0.39, 0.29) is 0 Å². The highest BCUT2D eigenvalue weighted by Crippen LogP contribution is 2.29. The Bertz CT molecular complexity index is 257. The summed E-state index contributed by atoms with van der Waals surface area (Å²) in [6, 6.07) is 0.432. The van der Waals surface area contributed by atoms with Crippen LogP contribution in [0.25, 0.3) is 0 Å². The molecular formula is C16H31NO2. The lowest BCUT2D eigenvalue weighted by Gasteiger charge is -2.34. The molecule has 112 valence electrons. The van der Waals surface area contributed by atoms with Crippen LogP contribution in [-0.2, 0) is 4.79 Å². The minimum Gasteiger partial charge on any atom is -0.396 e. The van der Waals surface area contributed by atoms with Gasteiger partial charge in [0.25, 0.3) is 0 Å². The third-order valence-corrected chi connectivity index (χ3v) is 4.47. The zero-order valence-electron chi connectivity index (χ0n) is 12.9. The van der Waals surface area contributed by atoms with E-state index in [1.165, 1.54) is 0 Å². The molecule has 0 spiro atoms. The second-order valence-corrected chi connectivity index (χ2v) is 6.48. The maximum Gasteiger partial charge on any atom is 0.222 e. The number of nitrogens with zero attached hydrogens (tertiary/aromatic N) is 1. The molecule has 0 aromatic carbocycles. The van der Waals surface area contributed by atoms with Crippen LogP contribution in [0, 0.1) is 11.8 Å². The van der Waals surface area contributed by atoms with Gasteiger partial charge < -0.3 is 10.0 Å². The lowest BCUT2D eigenvalue weighted by atomic mass is 9.83. The first-order valence-corrected chi connectivity index (χ1v) is 7.91. The topological polar surface area (TPSA) is 40.5 Å². The van der Waals surface area contributed by atoms with Gasteiger partial charge in [0.05, 0.1) is 0 Å². The summed E-state index contributed by atoms with van der Waals surface area (Å²) in [6.45, 7) is 4.71. The first kappa shape index (κ1) is 16.5. The van der Waals surface area contributed by atoms with Crippen molar-refractivity contribution in [1.82, 2.24) is 4.90 Å². The maximum absolute atomic E-state index is 12.1. The number of rotatable bonds is 7. The van der Waals surface area contributed by atoms with Crippen LogP contribution >= 0.6 is 0 Å². The highest BCUT2D eigenvalue weighted by Gasteiger charge is 2.25. The average molecular weight is 269 g/mol. The molecule has 19 heavy (non-hydrogen) atoms. The second-order valence-electron chi connectivity index (χ2n) is 6.48. The normalized spacial score (nSPS) is 23.6. The summed E-state index contributed by atoms with van der Waals surface area (Å²) >= 11 is 0. The van der Waals surface area contributed by atoms with E-state index >= 15 is 0 Å². The quantitative estimate of drug-likeness (QED) is 0.771. The fourth-order valence-corrected chi connectivity index (χ4v) is 3.04. The van der Waals surface area contributed by atoms with Gasteiger partial charge in [0, 0.05) is 26.1 Å². The van der Waals surface area contributed by atoms with Gasteiger partial charge in [-0.15, -0.1) is 0 Å². The Labute approximate surface area is 118 Å². The standard InChI is InChI=1S/C16H31NO2/c1-13(2)5-4-6-16(19)17(3)15-9-7-14(8-10-15)11-12-18/h13-15,18H,4-12H2,1-3H3. The van der Waals surface area contributed by atoms with E-state index in [1.54, 1.807) is 0 Å². The summed E-state index contributed by atoms with van der Waals surface area (Å²) in [5.41, 5.74) is 0. The van der Waals surface area contributed by atoms with Crippen molar-refractivity contribution in [2.45, 2.75) is 71.3 Å². The Morgan fingerprint density at radius 3 is 2.42 bits per heavy atom. The Kier molecular flexibility index (Phi) is 7.44. The summed E-state index contributed by atoms with van der Waals surface area (Å²) in [7, 11) is 1.97. The second kappa shape index (κ2) is 8.57. The van der Waals surface area contributed by atoms with E-state index < -0.39 is 0 Å². The van der Waals surface area contributed by atoms with Crippen LogP contribution in [0.4, 0.5) is 0 Å². The Morgan fingerprint density at radius 1 is 1.26 bits per heavy atom. The smallest absolute Gasteiger partial charge is 0.222 e. The van der Waals surface area contributed by atoms with E-state index in [2.05, 4.69) is 13.8 Å². The van der Waals surface area contributed by atoms with Gasteiger partial charge in [-0.1, -0.05) is 20.3 Å². The molecule has 3 heteroatoms. The molecular weight excluding hydrogens is 238 g/mol. The van der Waals surface area contributed by atoms with E-state index in [9.17, 15) is 4.79 Å². The van der Waals surface area contributed by atoms with Crippen molar-refractivity contribution >= 4 is 5.91 Å². The van der Waals surface area contributed by atoms with Crippen LogP contribution in [-0.4, -0.2) is 35.6 Å². The van der Waals surface area contributed by atoms with E-state index in [0.29, 0.717) is 36.8 Å². The fourth-order valence-electron chi connectivity index (χ4n) is 3.04. The van der Waals surface area contributed by atoms with Crippen molar-refractivity contribution in [2.75, 3.05) is 13.7 Å². The van der Waals surface area contributed by atoms with Gasteiger partial charge in [-0.3, -0.25) is 4.79 Å². The molecule has 0 radical (unpaired) electrons. The molecule has 1 rings (SSSR count). The van der Waals surface area contributed by atoms with E-state index in [4.69, 9.17) is 5.11 Å². The predicted octanol–water partition coefficient (Wildman–Crippen LogP) is 3.21. The first-order valence-electron chi connectivity index (χ1n) is 7.91. The highest BCUT2D eigenvalue weighted by molar-refractivity contribution is 5.76. The molecule has 0 aliphatic heterocycles. The van der Waals surface area contributed by atoms with Crippen molar-refractivity contribution in [3.63, 3.8) is 0 Å². The first-order chi connectivity index (χ1) is 9.04. The van der Waals surface area contributed by atoms with Gasteiger partial charge in [0.2, 0.25) is 5.91 Å². The zero-order chi connectivity index (χ0) is 14.3. The van der Waals surface area contributed by atoms with Crippen molar-refractivity contribution < 1.29 is 9.90 Å². The molecule has 0 aromatic heterocycles. The predicted molar refractivity (Wildman–Crippen MR) is 78.9 cm³/mol. The molecule has 0 saturated heterocycles. The molecule has 1 saturated carbocycles. The molecule has 1 aliphatic carbocycles. The molecule has 1 N–H and O–H groups in total. The number of carbonyl (C=O) groups excluding carboxylic acids is 1. The third-order valence-electron chi connectivity index (χ3n) is 4.47. The highest BCUT2D eigenvalue weighted by atomic mass is 16.3. The van der Waals surface area contributed by atoms with Crippen molar-refractivity contribution in [3.8, 4) is 0 Å². The SMILES string of the molecule is CC(C)CCCC(=O)N(C)C1CCC(CCO)CC1. The largest absolute Gasteiger partial charge is 0.396 e. The van der Waals surface area contributed by atoms with Gasteiger partial charge in [-0.25, -0.2) is 0 Å². The molecule has 1 aliphatic rings. The van der Waals surface area contributed by atoms with Gasteiger partial charge in [-0.05, 0) is 50.4 Å². The van der Waals surface area contributed by atoms with Gasteiger partial charge in [0.1, 0.15) is 0 Å². The molecule has 0 bridgehead atoms. The van der Waals surface area contributed by atoms with Crippen molar-refractivity contribution in [3.05, 3.63) is 0 Å². The van der Waals surface area contributed by atoms with Crippen LogP contribution in [0.15, 0.2) is 0 Å². The molecule has 0 heterocycles. The molecule has 0 unspecified atom stereocenters. The minimum atomic E-state index is 0.305. The summed E-state index contributed by atoms with van der Waals surface area (Å²) < 4.78 is 0. The Balaban J connectivity index is 2.25. The fraction of sp³-hybridized carbons (Fsp3) is 0.938. The average Bonchev–Trinajstić information content (AvgIpc) is 2.38. The molecule has 0 aromatic rings. The molecule has 0 atom stereocenters. The maximum atomic E-state index is 12.1. The third kappa shape index (κ3) is 5.94. The molecule has 1 fully saturated rings. The van der Waals surface area contributed by atoms with Crippen LogP contribution in [0.5, 0.6) is 0 Å². The Morgan fingerprint density at radius 2 is 1.89 bits per heavy atom. The number of aliphatic hydroxyl groups is 1. The Hall–Kier alpha value is -0.570. The van der Waals surface area contributed by atoms with Crippen LogP contribution in [0.3, 0.4) is 0 Å².